The Bertz CT molecular complexity index is 138. The summed E-state index contributed by atoms with van der Waals surface area (Å²) in [6, 6.07) is 2.65. The van der Waals surface area contributed by atoms with Crippen LogP contribution in [-0.4, -0.2) is 13.4 Å². The van der Waals surface area contributed by atoms with Gasteiger partial charge in [-0.2, -0.15) is 0 Å². The Kier molecular flexibility index (Phi) is 4.85. The smallest absolute Gasteiger partial charge is 0.111 e. The third-order valence-electron chi connectivity index (χ3n) is 1.76. The Hall–Kier alpha value is 1.13. The lowest BCUT2D eigenvalue weighted by atomic mass is 10.9. The van der Waals surface area contributed by atoms with Crippen molar-refractivity contribution in [2.75, 3.05) is 0 Å². The highest BCUT2D eigenvalue weighted by Crippen LogP contribution is 2.29. The van der Waals surface area contributed by atoms with E-state index in [1.54, 1.807) is 0 Å². The molecule has 0 aliphatic rings. The third-order valence-corrected chi connectivity index (χ3v) is 8.41. The van der Waals surface area contributed by atoms with Crippen LogP contribution < -0.4 is 0 Å². The molecule has 11 heavy (non-hydrogen) atoms. The lowest BCUT2D eigenvalue weighted by Gasteiger charge is -2.20. The van der Waals surface area contributed by atoms with Crippen molar-refractivity contribution in [3.63, 3.8) is 0 Å². The number of rotatable bonds is 4. The molecular weight excluding hydrogens is 300 g/mol. The zero-order chi connectivity index (χ0) is 9.12. The average Bonchev–Trinajstić information content (AvgIpc) is 1.83. The van der Waals surface area contributed by atoms with Crippen molar-refractivity contribution in [3.05, 3.63) is 12.3 Å². The largest absolute Gasteiger partial charge is 0.197 e. The van der Waals surface area contributed by atoms with E-state index in [9.17, 15) is 0 Å². The second kappa shape index (κ2) is 4.39. The molecule has 0 spiro atoms. The Morgan fingerprint density at radius 1 is 1.18 bits per heavy atom. The highest BCUT2D eigenvalue weighted by atomic mass is 79.9. The average molecular weight is 316 g/mol. The van der Waals surface area contributed by atoms with Gasteiger partial charge in [0.15, 0.2) is 5.31 Å². The molecule has 0 fully saturated rings. The minimum atomic E-state index is -1.17. The van der Waals surface area contributed by atoms with E-state index in [0.717, 1.165) is 0 Å². The molecule has 0 saturated heterocycles. The van der Waals surface area contributed by atoms with E-state index in [1.165, 1.54) is 12.1 Å². The fourth-order valence-corrected chi connectivity index (χ4v) is 8.75. The van der Waals surface area contributed by atoms with Crippen LogP contribution in [0.1, 0.15) is 0 Å². The molecule has 0 aliphatic heterocycles. The summed E-state index contributed by atoms with van der Waals surface area (Å²) in [4.78, 5) is 0. The van der Waals surface area contributed by atoms with E-state index in [2.05, 4.69) is 62.5 Å². The molecule has 0 aromatic heterocycles. The Morgan fingerprint density at radius 2 is 1.64 bits per heavy atom. The van der Waals surface area contributed by atoms with Crippen LogP contribution >= 0.6 is 30.6 Å². The molecule has 0 amide bonds. The first kappa shape index (κ1) is 12.1. The first-order valence-corrected chi connectivity index (χ1v) is 14.3. The molecule has 0 nitrogen and oxygen atoms in total. The first-order chi connectivity index (χ1) is 4.77. The summed E-state index contributed by atoms with van der Waals surface area (Å²) < 4.78 is 0. The summed E-state index contributed by atoms with van der Waals surface area (Å²) in [6.45, 7) is 10.9. The summed E-state index contributed by atoms with van der Waals surface area (Å²) >= 11 is 7.41. The minimum absolute atomic E-state index is 1.05. The molecule has 0 atom stereocenters. The van der Waals surface area contributed by atoms with Crippen LogP contribution in [0.5, 0.6) is 0 Å². The van der Waals surface area contributed by atoms with Gasteiger partial charge in [-0.15, -0.1) is 42.9 Å². The maximum atomic E-state index is 3.88. The van der Waals surface area contributed by atoms with Crippen LogP contribution in [0.2, 0.25) is 31.7 Å². The Balaban J connectivity index is 3.79. The van der Waals surface area contributed by atoms with Crippen molar-refractivity contribution >= 4 is 44.0 Å². The standard InChI is InChI=1S/C7H16Br2Si2/c1-5-10(2,3)6-7-11(4,8)9/h5H,1,6-7H2,2-4H3. The van der Waals surface area contributed by atoms with Crippen LogP contribution in [0.15, 0.2) is 12.3 Å². The van der Waals surface area contributed by atoms with Gasteiger partial charge in [0.05, 0.1) is 8.07 Å². The van der Waals surface area contributed by atoms with Gasteiger partial charge in [0.1, 0.15) is 0 Å². The van der Waals surface area contributed by atoms with Crippen molar-refractivity contribution in [2.24, 2.45) is 0 Å². The predicted octanol–water partition coefficient (Wildman–Crippen LogP) is 4.28. The van der Waals surface area contributed by atoms with Gasteiger partial charge >= 0.3 is 0 Å². The molecule has 0 bridgehead atoms. The van der Waals surface area contributed by atoms with Crippen molar-refractivity contribution in [3.8, 4) is 0 Å². The zero-order valence-corrected chi connectivity index (χ0v) is 12.6. The minimum Gasteiger partial charge on any atom is -0.111 e. The normalized spacial score (nSPS) is 13.2. The van der Waals surface area contributed by atoms with E-state index >= 15 is 0 Å². The lowest BCUT2D eigenvalue weighted by molar-refractivity contribution is 1.34. The summed E-state index contributed by atoms with van der Waals surface area (Å²) in [5, 5.41) is -1.17. The Labute approximate surface area is 87.6 Å². The molecular formula is C7H16Br2Si2. The third kappa shape index (κ3) is 7.49. The molecule has 0 rings (SSSR count). The molecule has 0 radical (unpaired) electrons. The quantitative estimate of drug-likeness (QED) is 0.536. The van der Waals surface area contributed by atoms with Crippen molar-refractivity contribution in [2.45, 2.75) is 31.7 Å². The van der Waals surface area contributed by atoms with Crippen LogP contribution in [0.3, 0.4) is 0 Å². The van der Waals surface area contributed by atoms with Gasteiger partial charge in [0.2, 0.25) is 0 Å². The van der Waals surface area contributed by atoms with Crippen molar-refractivity contribution in [1.82, 2.24) is 0 Å². The molecule has 0 aromatic rings. The van der Waals surface area contributed by atoms with Gasteiger partial charge in [-0.1, -0.05) is 25.7 Å². The van der Waals surface area contributed by atoms with Gasteiger partial charge in [-0.05, 0) is 6.04 Å². The molecule has 0 saturated carbocycles. The van der Waals surface area contributed by atoms with E-state index in [0.29, 0.717) is 0 Å². The fourth-order valence-electron chi connectivity index (χ4n) is 0.644. The second-order valence-electron chi connectivity index (χ2n) is 3.76. The molecule has 66 valence electrons. The highest BCUT2D eigenvalue weighted by molar-refractivity contribution is 9.51. The maximum absolute atomic E-state index is 3.88. The predicted molar refractivity (Wildman–Crippen MR) is 66.8 cm³/mol. The van der Waals surface area contributed by atoms with E-state index in [-0.39, 0.29) is 0 Å². The highest BCUT2D eigenvalue weighted by Gasteiger charge is 2.24. The van der Waals surface area contributed by atoms with E-state index < -0.39 is 13.4 Å². The maximum Gasteiger partial charge on any atom is 0.197 e. The second-order valence-corrected chi connectivity index (χ2v) is 25.0. The van der Waals surface area contributed by atoms with Gasteiger partial charge < -0.3 is 0 Å². The molecule has 0 heterocycles. The van der Waals surface area contributed by atoms with E-state index in [4.69, 9.17) is 0 Å². The van der Waals surface area contributed by atoms with Crippen molar-refractivity contribution < 1.29 is 0 Å². The van der Waals surface area contributed by atoms with Crippen molar-refractivity contribution in [1.29, 1.82) is 0 Å². The summed E-state index contributed by atoms with van der Waals surface area (Å²) in [7, 11) is -1.05. The van der Waals surface area contributed by atoms with Crippen LogP contribution in [0.4, 0.5) is 0 Å². The zero-order valence-electron chi connectivity index (χ0n) is 7.45. The topological polar surface area (TPSA) is 0 Å². The first-order valence-electron chi connectivity index (χ1n) is 3.78. The van der Waals surface area contributed by atoms with E-state index in [1.807, 2.05) is 0 Å². The van der Waals surface area contributed by atoms with Gasteiger partial charge in [-0.3, -0.25) is 0 Å². The molecule has 4 heteroatoms. The SMILES string of the molecule is C=C[Si](C)(C)CC[Si](C)(Br)Br. The summed E-state index contributed by atoms with van der Waals surface area (Å²) in [5.41, 5.74) is 2.17. The monoisotopic (exact) mass is 314 g/mol. The fraction of sp³-hybridized carbons (Fsp3) is 0.714. The molecule has 0 aliphatic carbocycles. The Morgan fingerprint density at radius 3 is 1.91 bits per heavy atom. The molecule has 0 N–H and O–H groups in total. The van der Waals surface area contributed by atoms with Gasteiger partial charge in [-0.25, -0.2) is 0 Å². The van der Waals surface area contributed by atoms with Gasteiger partial charge in [0.25, 0.3) is 0 Å². The number of hydrogen-bond donors (Lipinski definition) is 0. The molecule has 0 unspecified atom stereocenters. The summed E-state index contributed by atoms with van der Waals surface area (Å²) in [6.07, 6.45) is 0. The lowest BCUT2D eigenvalue weighted by Crippen LogP contribution is -2.25. The summed E-state index contributed by atoms with van der Waals surface area (Å²) in [5.74, 6) is 0. The van der Waals surface area contributed by atoms with Gasteiger partial charge in [0, 0.05) is 0 Å². The van der Waals surface area contributed by atoms with Crippen LogP contribution in [-0.2, 0) is 0 Å². The van der Waals surface area contributed by atoms with Crippen LogP contribution in [0, 0.1) is 0 Å². The number of hydrogen-bond acceptors (Lipinski definition) is 0. The number of halogens is 2. The van der Waals surface area contributed by atoms with Crippen LogP contribution in [0.25, 0.3) is 0 Å². The molecule has 0 aromatic carbocycles.